The third-order valence-corrected chi connectivity index (χ3v) is 3.32. The van der Waals surface area contributed by atoms with Crippen LogP contribution in [0.25, 0.3) is 16.7 Å². The van der Waals surface area contributed by atoms with E-state index in [1.165, 1.54) is 14.2 Å². The number of ether oxygens (including phenoxy) is 2. The topological polar surface area (TPSA) is 90.6 Å². The smallest absolute Gasteiger partial charge is 0.337 e. The van der Waals surface area contributed by atoms with Crippen molar-refractivity contribution in [3.63, 3.8) is 0 Å². The van der Waals surface area contributed by atoms with Crippen molar-refractivity contribution in [2.75, 3.05) is 19.5 Å². The summed E-state index contributed by atoms with van der Waals surface area (Å²) in [6, 6.07) is 5.63. The minimum atomic E-state index is -0.414. The first kappa shape index (κ1) is 15.0. The van der Waals surface area contributed by atoms with Gasteiger partial charge in [-0.3, -0.25) is 0 Å². The average molecular weight is 315 g/mol. The Kier molecular flexibility index (Phi) is 3.73. The van der Waals surface area contributed by atoms with E-state index in [4.69, 9.17) is 9.47 Å². The van der Waals surface area contributed by atoms with E-state index in [2.05, 4.69) is 20.5 Å². The van der Waals surface area contributed by atoms with Crippen LogP contribution in [0.15, 0.2) is 18.2 Å². The van der Waals surface area contributed by atoms with Gasteiger partial charge < -0.3 is 14.8 Å². The van der Waals surface area contributed by atoms with Crippen LogP contribution in [-0.2, 0) is 4.74 Å². The Hall–Kier alpha value is -2.90. The lowest BCUT2D eigenvalue weighted by Gasteiger charge is -2.12. The summed E-state index contributed by atoms with van der Waals surface area (Å²) in [5.74, 6) is 0.160. The number of methoxy groups -OCH3 is 2. The number of esters is 1. The molecule has 0 unspecified atom stereocenters. The Bertz CT molecular complexity index is 888. The maximum Gasteiger partial charge on any atom is 0.337 e. The highest BCUT2D eigenvalue weighted by atomic mass is 16.5. The van der Waals surface area contributed by atoms with Gasteiger partial charge in [-0.1, -0.05) is 5.10 Å². The van der Waals surface area contributed by atoms with Crippen molar-refractivity contribution in [3.05, 3.63) is 23.8 Å². The molecule has 0 radical (unpaired) electrons. The summed E-state index contributed by atoms with van der Waals surface area (Å²) in [6.07, 6.45) is 0. The van der Waals surface area contributed by atoms with E-state index in [1.807, 2.05) is 13.8 Å². The first-order chi connectivity index (χ1) is 11.0. The van der Waals surface area contributed by atoms with Gasteiger partial charge in [0.2, 0.25) is 5.65 Å². The molecule has 0 atom stereocenters. The van der Waals surface area contributed by atoms with Gasteiger partial charge in [-0.25, -0.2) is 14.2 Å². The van der Waals surface area contributed by atoms with E-state index in [9.17, 15) is 4.79 Å². The SMILES string of the molecule is COC(=O)c1ccc2c(c1)nc(NC(C)C)c1nnc(OC)n12. The maximum absolute atomic E-state index is 11.7. The van der Waals surface area contributed by atoms with Crippen molar-refractivity contribution >= 4 is 28.5 Å². The zero-order chi connectivity index (χ0) is 16.6. The van der Waals surface area contributed by atoms with Crippen molar-refractivity contribution < 1.29 is 14.3 Å². The van der Waals surface area contributed by atoms with E-state index in [0.29, 0.717) is 28.6 Å². The summed E-state index contributed by atoms with van der Waals surface area (Å²) < 4.78 is 11.8. The van der Waals surface area contributed by atoms with E-state index in [0.717, 1.165) is 5.52 Å². The van der Waals surface area contributed by atoms with Crippen LogP contribution in [0, 0.1) is 0 Å². The predicted octanol–water partition coefficient (Wildman–Crippen LogP) is 1.89. The van der Waals surface area contributed by atoms with Crippen LogP contribution in [0.5, 0.6) is 6.01 Å². The summed E-state index contributed by atoms with van der Waals surface area (Å²) in [5, 5.41) is 11.4. The van der Waals surface area contributed by atoms with Gasteiger partial charge in [0.15, 0.2) is 5.82 Å². The van der Waals surface area contributed by atoms with Crippen molar-refractivity contribution in [3.8, 4) is 6.01 Å². The predicted molar refractivity (Wildman–Crippen MR) is 84.9 cm³/mol. The molecule has 1 N–H and O–H groups in total. The van der Waals surface area contributed by atoms with Gasteiger partial charge >= 0.3 is 12.0 Å². The molecule has 0 saturated heterocycles. The number of hydrogen-bond acceptors (Lipinski definition) is 7. The monoisotopic (exact) mass is 315 g/mol. The molecule has 8 nitrogen and oxygen atoms in total. The largest absolute Gasteiger partial charge is 0.467 e. The molecule has 0 aliphatic rings. The van der Waals surface area contributed by atoms with Gasteiger partial charge in [-0.2, -0.15) is 0 Å². The minimum Gasteiger partial charge on any atom is -0.467 e. The Morgan fingerprint density at radius 2 is 2.04 bits per heavy atom. The Balaban J connectivity index is 2.33. The summed E-state index contributed by atoms with van der Waals surface area (Å²) in [5.41, 5.74) is 2.34. The molecule has 23 heavy (non-hydrogen) atoms. The molecule has 2 aromatic heterocycles. The van der Waals surface area contributed by atoms with E-state index in [1.54, 1.807) is 22.6 Å². The fourth-order valence-corrected chi connectivity index (χ4v) is 2.36. The van der Waals surface area contributed by atoms with Gasteiger partial charge in [0.05, 0.1) is 30.8 Å². The van der Waals surface area contributed by atoms with Crippen LogP contribution in [0.4, 0.5) is 5.82 Å². The van der Waals surface area contributed by atoms with Gasteiger partial charge in [0.25, 0.3) is 0 Å². The van der Waals surface area contributed by atoms with Crippen LogP contribution in [0.3, 0.4) is 0 Å². The molecule has 8 heteroatoms. The first-order valence-corrected chi connectivity index (χ1v) is 7.13. The number of rotatable bonds is 4. The molecule has 2 heterocycles. The Labute approximate surface area is 132 Å². The van der Waals surface area contributed by atoms with Crippen LogP contribution < -0.4 is 10.1 Å². The number of carbonyl (C=O) groups excluding carboxylic acids is 1. The van der Waals surface area contributed by atoms with Crippen molar-refractivity contribution in [2.24, 2.45) is 0 Å². The van der Waals surface area contributed by atoms with Crippen LogP contribution in [-0.4, -0.2) is 45.8 Å². The number of benzene rings is 1. The zero-order valence-electron chi connectivity index (χ0n) is 13.3. The van der Waals surface area contributed by atoms with Crippen molar-refractivity contribution in [2.45, 2.75) is 19.9 Å². The fourth-order valence-electron chi connectivity index (χ4n) is 2.36. The van der Waals surface area contributed by atoms with Crippen LogP contribution in [0.2, 0.25) is 0 Å². The molecule has 0 aliphatic heterocycles. The molecule has 0 bridgehead atoms. The second kappa shape index (κ2) is 5.71. The zero-order valence-corrected chi connectivity index (χ0v) is 13.3. The highest BCUT2D eigenvalue weighted by Crippen LogP contribution is 2.25. The molecular formula is C15H17N5O3. The summed E-state index contributed by atoms with van der Waals surface area (Å²) >= 11 is 0. The standard InChI is InChI=1S/C15H17N5O3/c1-8(2)16-12-13-18-19-15(23-4)20(13)11-6-5-9(14(21)22-3)7-10(11)17-12/h5-8H,1-4H3,(H,16,17). The number of hydrogen-bond donors (Lipinski definition) is 1. The van der Waals surface area contributed by atoms with Gasteiger partial charge in [0, 0.05) is 6.04 Å². The lowest BCUT2D eigenvalue weighted by atomic mass is 10.2. The van der Waals surface area contributed by atoms with Gasteiger partial charge in [-0.05, 0) is 32.0 Å². The average Bonchev–Trinajstić information content (AvgIpc) is 2.97. The van der Waals surface area contributed by atoms with E-state index >= 15 is 0 Å². The van der Waals surface area contributed by atoms with Crippen molar-refractivity contribution in [1.82, 2.24) is 19.6 Å². The lowest BCUT2D eigenvalue weighted by Crippen LogP contribution is -2.13. The van der Waals surface area contributed by atoms with E-state index in [-0.39, 0.29) is 6.04 Å². The second-order valence-corrected chi connectivity index (χ2v) is 5.30. The third-order valence-electron chi connectivity index (χ3n) is 3.32. The molecule has 1 aromatic carbocycles. The van der Waals surface area contributed by atoms with Gasteiger partial charge in [0.1, 0.15) is 0 Å². The molecule has 0 saturated carbocycles. The second-order valence-electron chi connectivity index (χ2n) is 5.30. The number of anilines is 1. The van der Waals surface area contributed by atoms with Crippen molar-refractivity contribution in [1.29, 1.82) is 0 Å². The first-order valence-electron chi connectivity index (χ1n) is 7.13. The molecule has 120 valence electrons. The highest BCUT2D eigenvalue weighted by Gasteiger charge is 2.17. The number of fused-ring (bicyclic) bond motifs is 3. The quantitative estimate of drug-likeness (QED) is 0.735. The van der Waals surface area contributed by atoms with E-state index < -0.39 is 5.97 Å². The maximum atomic E-state index is 11.7. The Morgan fingerprint density at radius 3 is 2.70 bits per heavy atom. The molecule has 0 aliphatic carbocycles. The molecular weight excluding hydrogens is 298 g/mol. The molecule has 0 fully saturated rings. The van der Waals surface area contributed by atoms with Crippen LogP contribution in [0.1, 0.15) is 24.2 Å². The number of carbonyl (C=O) groups is 1. The Morgan fingerprint density at radius 1 is 1.26 bits per heavy atom. The third kappa shape index (κ3) is 2.52. The lowest BCUT2D eigenvalue weighted by molar-refractivity contribution is 0.0601. The number of nitrogens with zero attached hydrogens (tertiary/aromatic N) is 4. The van der Waals surface area contributed by atoms with Gasteiger partial charge in [-0.15, -0.1) is 5.10 Å². The summed E-state index contributed by atoms with van der Waals surface area (Å²) in [4.78, 5) is 16.3. The molecule has 0 amide bonds. The fraction of sp³-hybridized carbons (Fsp3) is 0.333. The number of aromatic nitrogens is 4. The molecule has 0 spiro atoms. The highest BCUT2D eigenvalue weighted by molar-refractivity contribution is 5.94. The minimum absolute atomic E-state index is 0.162. The molecule has 3 rings (SSSR count). The summed E-state index contributed by atoms with van der Waals surface area (Å²) in [7, 11) is 2.87. The van der Waals surface area contributed by atoms with Crippen LogP contribution >= 0.6 is 0 Å². The molecule has 3 aromatic rings. The number of nitrogens with one attached hydrogen (secondary N) is 1. The summed E-state index contributed by atoms with van der Waals surface area (Å²) in [6.45, 7) is 4.00. The normalized spacial score (nSPS) is 11.2.